The van der Waals surface area contributed by atoms with Gasteiger partial charge in [0.05, 0.1) is 26.1 Å². The quantitative estimate of drug-likeness (QED) is 0.437. The molecule has 2 rings (SSSR count). The number of aromatic nitrogens is 3. The van der Waals surface area contributed by atoms with Crippen LogP contribution in [-0.4, -0.2) is 35.1 Å². The summed E-state index contributed by atoms with van der Waals surface area (Å²) in [4.78, 5) is 14.7. The van der Waals surface area contributed by atoms with E-state index in [1.807, 2.05) is 18.2 Å². The zero-order chi connectivity index (χ0) is 16.5. The van der Waals surface area contributed by atoms with Crippen LogP contribution < -0.4 is 20.6 Å². The van der Waals surface area contributed by atoms with Crippen LogP contribution in [0.2, 0.25) is 0 Å². The molecule has 23 heavy (non-hydrogen) atoms. The van der Waals surface area contributed by atoms with Gasteiger partial charge >= 0.3 is 5.69 Å². The van der Waals surface area contributed by atoms with E-state index in [0.29, 0.717) is 18.1 Å². The predicted octanol–water partition coefficient (Wildman–Crippen LogP) is 1.80. The van der Waals surface area contributed by atoms with Crippen LogP contribution in [0.1, 0.15) is 25.3 Å². The fourth-order valence-electron chi connectivity index (χ4n) is 1.75. The highest BCUT2D eigenvalue weighted by Gasteiger charge is 2.04. The van der Waals surface area contributed by atoms with Gasteiger partial charge < -0.3 is 9.47 Å². The maximum atomic E-state index is 11.0. The van der Waals surface area contributed by atoms with E-state index in [1.54, 1.807) is 13.3 Å². The van der Waals surface area contributed by atoms with Crippen molar-refractivity contribution >= 4 is 12.0 Å². The van der Waals surface area contributed by atoms with Crippen LogP contribution in [-0.2, 0) is 0 Å². The number of hydrogen-bond donors (Lipinski definition) is 2. The summed E-state index contributed by atoms with van der Waals surface area (Å²) in [7, 11) is 1.59. The minimum atomic E-state index is -0.541. The van der Waals surface area contributed by atoms with Gasteiger partial charge in [0.15, 0.2) is 17.3 Å². The number of nitrogens with zero attached hydrogens (tertiary/aromatic N) is 3. The number of unbranched alkanes of at least 4 members (excludes halogenated alkanes) is 1. The first-order valence-corrected chi connectivity index (χ1v) is 7.24. The Morgan fingerprint density at radius 3 is 3.00 bits per heavy atom. The molecule has 0 atom stereocenters. The van der Waals surface area contributed by atoms with Crippen LogP contribution in [0.5, 0.6) is 11.5 Å². The Balaban J connectivity index is 2.02. The van der Waals surface area contributed by atoms with E-state index in [2.05, 4.69) is 32.6 Å². The average Bonchev–Trinajstić information content (AvgIpc) is 2.56. The highest BCUT2D eigenvalue weighted by atomic mass is 16.5. The Bertz CT molecular complexity index is 714. The summed E-state index contributed by atoms with van der Waals surface area (Å²) in [6, 6.07) is 5.51. The molecule has 0 radical (unpaired) electrons. The van der Waals surface area contributed by atoms with Gasteiger partial charge in [-0.15, -0.1) is 0 Å². The van der Waals surface area contributed by atoms with E-state index in [0.717, 1.165) is 18.4 Å². The van der Waals surface area contributed by atoms with Crippen molar-refractivity contribution in [3.8, 4) is 11.5 Å². The Kier molecular flexibility index (Phi) is 6.10. The van der Waals surface area contributed by atoms with Crippen LogP contribution in [0.15, 0.2) is 34.3 Å². The Morgan fingerprint density at radius 1 is 1.39 bits per heavy atom. The highest BCUT2D eigenvalue weighted by molar-refractivity contribution is 5.81. The highest BCUT2D eigenvalue weighted by Crippen LogP contribution is 2.27. The molecule has 2 N–H and O–H groups in total. The van der Waals surface area contributed by atoms with Gasteiger partial charge in [-0.1, -0.05) is 13.3 Å². The van der Waals surface area contributed by atoms with Gasteiger partial charge in [0.2, 0.25) is 0 Å². The van der Waals surface area contributed by atoms with E-state index in [4.69, 9.17) is 9.47 Å². The second-order valence-corrected chi connectivity index (χ2v) is 4.65. The summed E-state index contributed by atoms with van der Waals surface area (Å²) >= 11 is 0. The fourth-order valence-corrected chi connectivity index (χ4v) is 1.75. The Labute approximate surface area is 133 Å². The molecule has 0 saturated carbocycles. The largest absolute Gasteiger partial charge is 0.493 e. The number of aromatic amines is 1. The summed E-state index contributed by atoms with van der Waals surface area (Å²) in [5.41, 5.74) is 2.91. The first kappa shape index (κ1) is 16.5. The number of hydrazone groups is 1. The topological polar surface area (TPSA) is 101 Å². The summed E-state index contributed by atoms with van der Waals surface area (Å²) in [6.07, 6.45) is 5.02. The molecule has 8 nitrogen and oxygen atoms in total. The molecule has 0 aliphatic carbocycles. The third-order valence-electron chi connectivity index (χ3n) is 2.90. The summed E-state index contributed by atoms with van der Waals surface area (Å²) in [5.74, 6) is 1.60. The second-order valence-electron chi connectivity index (χ2n) is 4.65. The minimum absolute atomic E-state index is 0.261. The third-order valence-corrected chi connectivity index (χ3v) is 2.90. The molecule has 0 saturated heterocycles. The van der Waals surface area contributed by atoms with Gasteiger partial charge in [-0.2, -0.15) is 15.2 Å². The van der Waals surface area contributed by atoms with E-state index in [1.165, 1.54) is 6.20 Å². The molecule has 0 aliphatic heterocycles. The fraction of sp³-hybridized carbons (Fsp3) is 0.333. The molecular formula is C15H19N5O3. The number of methoxy groups -OCH3 is 1. The number of H-pyrrole nitrogens is 1. The molecule has 1 heterocycles. The SMILES string of the molecule is CCCCOc1ccc(C=NNc2cn[nH]c(=O)n2)cc1OC. The Morgan fingerprint density at radius 2 is 2.26 bits per heavy atom. The van der Waals surface area contributed by atoms with Crippen molar-refractivity contribution in [2.24, 2.45) is 5.10 Å². The molecule has 0 unspecified atom stereocenters. The van der Waals surface area contributed by atoms with E-state index < -0.39 is 5.69 Å². The smallest absolute Gasteiger partial charge is 0.363 e. The first-order chi connectivity index (χ1) is 11.2. The van der Waals surface area contributed by atoms with Crippen molar-refractivity contribution in [1.82, 2.24) is 15.2 Å². The van der Waals surface area contributed by atoms with Crippen molar-refractivity contribution in [1.29, 1.82) is 0 Å². The third kappa shape index (κ3) is 5.10. The zero-order valence-electron chi connectivity index (χ0n) is 13.1. The number of anilines is 1. The monoisotopic (exact) mass is 317 g/mol. The van der Waals surface area contributed by atoms with Crippen LogP contribution >= 0.6 is 0 Å². The minimum Gasteiger partial charge on any atom is -0.493 e. The molecule has 1 aromatic carbocycles. The lowest BCUT2D eigenvalue weighted by Gasteiger charge is -2.10. The van der Waals surface area contributed by atoms with Crippen molar-refractivity contribution in [2.75, 3.05) is 19.1 Å². The molecule has 8 heteroatoms. The lowest BCUT2D eigenvalue weighted by atomic mass is 10.2. The average molecular weight is 317 g/mol. The summed E-state index contributed by atoms with van der Waals surface area (Å²) in [6.45, 7) is 2.77. The van der Waals surface area contributed by atoms with Crippen LogP contribution in [0.25, 0.3) is 0 Å². The van der Waals surface area contributed by atoms with E-state index >= 15 is 0 Å². The molecule has 1 aromatic heterocycles. The Hall–Kier alpha value is -2.90. The first-order valence-electron chi connectivity index (χ1n) is 7.24. The molecule has 0 spiro atoms. The standard InChI is InChI=1S/C15H19N5O3/c1-3-4-7-23-12-6-5-11(8-13(12)22-2)9-16-19-14-10-17-20-15(21)18-14/h5-6,8-10H,3-4,7H2,1-2H3,(H2,18,19,20,21). The van der Waals surface area contributed by atoms with Crippen molar-refractivity contribution in [3.63, 3.8) is 0 Å². The lowest BCUT2D eigenvalue weighted by Crippen LogP contribution is -2.13. The van der Waals surface area contributed by atoms with Gasteiger partial charge in [-0.25, -0.2) is 9.89 Å². The lowest BCUT2D eigenvalue weighted by molar-refractivity contribution is 0.288. The van der Waals surface area contributed by atoms with Gasteiger partial charge in [0.1, 0.15) is 0 Å². The van der Waals surface area contributed by atoms with Gasteiger partial charge in [-0.05, 0) is 30.2 Å². The molecule has 0 aliphatic rings. The van der Waals surface area contributed by atoms with E-state index in [-0.39, 0.29) is 5.82 Å². The normalized spacial score (nSPS) is 10.7. The molecule has 0 amide bonds. The van der Waals surface area contributed by atoms with Crippen molar-refractivity contribution in [2.45, 2.75) is 19.8 Å². The second kappa shape index (κ2) is 8.52. The summed E-state index contributed by atoms with van der Waals surface area (Å²) in [5, 5.41) is 9.80. The molecular weight excluding hydrogens is 298 g/mol. The van der Waals surface area contributed by atoms with Crippen molar-refractivity contribution < 1.29 is 9.47 Å². The predicted molar refractivity (Wildman–Crippen MR) is 87.3 cm³/mol. The van der Waals surface area contributed by atoms with E-state index in [9.17, 15) is 4.79 Å². The number of nitrogens with one attached hydrogen (secondary N) is 2. The molecule has 2 aromatic rings. The van der Waals surface area contributed by atoms with Gasteiger partial charge in [-0.3, -0.25) is 5.43 Å². The molecule has 0 bridgehead atoms. The van der Waals surface area contributed by atoms with Gasteiger partial charge in [0.25, 0.3) is 0 Å². The van der Waals surface area contributed by atoms with Crippen LogP contribution in [0.3, 0.4) is 0 Å². The zero-order valence-corrected chi connectivity index (χ0v) is 13.1. The maximum Gasteiger partial charge on any atom is 0.363 e. The number of ether oxygens (including phenoxy) is 2. The maximum absolute atomic E-state index is 11.0. The molecule has 122 valence electrons. The molecule has 0 fully saturated rings. The number of benzene rings is 1. The summed E-state index contributed by atoms with van der Waals surface area (Å²) < 4.78 is 11.0. The van der Waals surface area contributed by atoms with Crippen molar-refractivity contribution in [3.05, 3.63) is 40.4 Å². The van der Waals surface area contributed by atoms with Gasteiger partial charge in [0, 0.05) is 0 Å². The van der Waals surface area contributed by atoms with Crippen LogP contribution in [0.4, 0.5) is 5.82 Å². The number of hydrogen-bond acceptors (Lipinski definition) is 7. The number of rotatable bonds is 8. The van der Waals surface area contributed by atoms with Crippen LogP contribution in [0, 0.1) is 0 Å².